The zero-order valence-corrected chi connectivity index (χ0v) is 37.6. The van der Waals surface area contributed by atoms with Crippen molar-refractivity contribution in [3.63, 3.8) is 0 Å². The third-order valence-electron chi connectivity index (χ3n) is 9.24. The van der Waals surface area contributed by atoms with Crippen molar-refractivity contribution in [2.45, 2.75) is 45.5 Å². The molecule has 292 valence electrons. The molecule has 2 fully saturated rings. The third kappa shape index (κ3) is 16.0. The minimum Gasteiger partial charge on any atom is -0.741 e. The topological polar surface area (TPSA) is 57.2 Å². The summed E-state index contributed by atoms with van der Waals surface area (Å²) in [6.45, 7) is 7.18. The molecular weight excluding hydrogens is 943 g/mol. The van der Waals surface area contributed by atoms with Crippen molar-refractivity contribution >= 4 is 69.8 Å². The summed E-state index contributed by atoms with van der Waals surface area (Å²) in [6.07, 6.45) is 15.7. The first kappa shape index (κ1) is 48.9. The second-order valence-electron chi connectivity index (χ2n) is 13.2. The van der Waals surface area contributed by atoms with Gasteiger partial charge < -0.3 is 4.55 Å². The normalized spacial score (nSPS) is 18.7. The second kappa shape index (κ2) is 25.2. The number of alkyl halides is 4. The Morgan fingerprint density at radius 3 is 1.28 bits per heavy atom. The largest absolute Gasteiger partial charge is 1.00 e. The van der Waals surface area contributed by atoms with Crippen molar-refractivity contribution in [2.75, 3.05) is 17.3 Å². The molecule has 0 aromatic heterocycles. The fourth-order valence-electron chi connectivity index (χ4n) is 6.67. The van der Waals surface area contributed by atoms with Gasteiger partial charge in [0.05, 0.1) is 0 Å². The van der Waals surface area contributed by atoms with Crippen LogP contribution in [0.4, 0.5) is 13.2 Å². The SMILES string of the molecule is CC(C)[C@@H]1CC[C@@H](C)C[C@@H]1[C]1[CH][CH][CH][CH]1.CI.O=S(=O)([O-])C(F)(F)F.[Ru+].c1ccc(P(CCP(c2ccccc2)c2ccccc2)c2ccccc2)cc1. The first-order chi connectivity index (χ1) is 25.3. The van der Waals surface area contributed by atoms with Crippen LogP contribution in [0.1, 0.15) is 40.0 Å². The third-order valence-corrected chi connectivity index (χ3v) is 15.2. The fourth-order valence-corrected chi connectivity index (χ4v) is 12.0. The van der Waals surface area contributed by atoms with Crippen molar-refractivity contribution in [1.82, 2.24) is 0 Å². The van der Waals surface area contributed by atoms with Crippen LogP contribution in [0.15, 0.2) is 121 Å². The molecule has 3 nitrogen and oxygen atoms in total. The molecule has 0 amide bonds. The van der Waals surface area contributed by atoms with Crippen LogP contribution >= 0.6 is 38.4 Å². The van der Waals surface area contributed by atoms with Crippen LogP contribution in [0.25, 0.3) is 0 Å². The number of hydrogen-bond donors (Lipinski definition) is 0. The van der Waals surface area contributed by atoms with E-state index in [-0.39, 0.29) is 35.3 Å². The van der Waals surface area contributed by atoms with E-state index in [2.05, 4.69) is 190 Å². The Labute approximate surface area is 352 Å². The minimum absolute atomic E-state index is 0. The van der Waals surface area contributed by atoms with Gasteiger partial charge in [-0.25, -0.2) is 8.42 Å². The van der Waals surface area contributed by atoms with Crippen molar-refractivity contribution in [2.24, 2.45) is 23.7 Å². The van der Waals surface area contributed by atoms with Crippen LogP contribution in [0.5, 0.6) is 0 Å². The Balaban J connectivity index is 0.000000325. The molecule has 4 aromatic rings. The van der Waals surface area contributed by atoms with Crippen molar-refractivity contribution < 1.29 is 45.6 Å². The summed E-state index contributed by atoms with van der Waals surface area (Å²) in [6, 6.07) is 44.2. The van der Waals surface area contributed by atoms with Gasteiger partial charge in [-0.1, -0.05) is 171 Å². The molecule has 2 saturated carbocycles. The maximum absolute atomic E-state index is 10.7. The first-order valence-corrected chi connectivity index (χ1v) is 24.3. The second-order valence-corrected chi connectivity index (χ2v) is 19.2. The smallest absolute Gasteiger partial charge is 0.741 e. The molecule has 0 unspecified atom stereocenters. The van der Waals surface area contributed by atoms with Gasteiger partial charge >= 0.3 is 25.0 Å². The van der Waals surface area contributed by atoms with E-state index in [0.717, 1.165) is 23.7 Å². The Morgan fingerprint density at radius 1 is 0.685 bits per heavy atom. The summed E-state index contributed by atoms with van der Waals surface area (Å²) < 4.78 is 58.9. The molecule has 6 rings (SSSR count). The van der Waals surface area contributed by atoms with Crippen molar-refractivity contribution in [3.05, 3.63) is 153 Å². The van der Waals surface area contributed by atoms with Crippen LogP contribution in [-0.4, -0.2) is 35.7 Å². The molecule has 0 N–H and O–H groups in total. The molecule has 0 saturated heterocycles. The minimum atomic E-state index is -6.09. The predicted octanol–water partition coefficient (Wildman–Crippen LogP) is 10.5. The van der Waals surface area contributed by atoms with Gasteiger partial charge in [0.1, 0.15) is 0 Å². The van der Waals surface area contributed by atoms with Gasteiger partial charge in [0, 0.05) is 0 Å². The molecule has 2 aliphatic carbocycles. The van der Waals surface area contributed by atoms with Gasteiger partial charge in [-0.05, 0) is 122 Å². The Morgan fingerprint density at radius 2 is 1.00 bits per heavy atom. The Bertz CT molecular complexity index is 1500. The van der Waals surface area contributed by atoms with Crippen LogP contribution in [0, 0.1) is 55.3 Å². The fraction of sp³-hybridized carbons (Fsp3) is 0.326. The molecule has 54 heavy (non-hydrogen) atoms. The summed E-state index contributed by atoms with van der Waals surface area (Å²) in [5.74, 6) is 5.06. The van der Waals surface area contributed by atoms with E-state index in [1.54, 1.807) is 5.92 Å². The molecule has 2 aliphatic rings. The average Bonchev–Trinajstić information content (AvgIpc) is 3.71. The molecule has 0 spiro atoms. The molecular formula is C43H50F3IO3P2RuS. The summed E-state index contributed by atoms with van der Waals surface area (Å²) in [5, 5.41) is 5.89. The maximum Gasteiger partial charge on any atom is 1.00 e. The molecule has 11 heteroatoms. The first-order valence-electron chi connectivity index (χ1n) is 17.7. The summed E-state index contributed by atoms with van der Waals surface area (Å²) >= 11 is 2.15. The van der Waals surface area contributed by atoms with Gasteiger partial charge in [0.15, 0.2) is 10.1 Å². The predicted molar refractivity (Wildman–Crippen MR) is 229 cm³/mol. The molecule has 0 aliphatic heterocycles. The van der Waals surface area contributed by atoms with Crippen LogP contribution < -0.4 is 21.2 Å². The van der Waals surface area contributed by atoms with E-state index in [1.807, 2.05) is 4.93 Å². The maximum atomic E-state index is 10.7. The van der Waals surface area contributed by atoms with Crippen LogP contribution in [-0.2, 0) is 29.6 Å². The van der Waals surface area contributed by atoms with Gasteiger partial charge in [-0.15, -0.1) is 0 Å². The van der Waals surface area contributed by atoms with E-state index in [1.165, 1.54) is 52.8 Å². The van der Waals surface area contributed by atoms with E-state index >= 15 is 0 Å². The standard InChI is InChI=1S/C26H24P2.C15H23.CHF3O3S.CH3I.Ru/c1-5-13-23(14-6-1)27(24-15-7-2-8-16-24)21-22-28(25-17-9-3-10-18-25)26-19-11-4-12-20-26;1-11(2)14-9-8-12(3)10-15(14)13-6-4-5-7-13;2-1(3,4)8(5,6)7;1-2;/h1-20H,21-22H2;4-7,11-12,14-15H,8-10H2,1-3H3;(H,5,6,7);1H3;/q;;;;+1/p-1/t;12-,14+,15-;;;/m.1.../s1. The quantitative estimate of drug-likeness (QED) is 0.0419. The monoisotopic (exact) mass is 994 g/mol. The van der Waals surface area contributed by atoms with Gasteiger partial charge in [-0.3, -0.25) is 0 Å². The Kier molecular flexibility index (Phi) is 22.9. The Hall–Kier alpha value is -1.21. The number of rotatable bonds is 9. The zero-order valence-electron chi connectivity index (χ0n) is 31.1. The molecule has 3 atom stereocenters. The van der Waals surface area contributed by atoms with E-state index < -0.39 is 15.6 Å². The van der Waals surface area contributed by atoms with E-state index in [9.17, 15) is 13.2 Å². The van der Waals surface area contributed by atoms with E-state index in [4.69, 9.17) is 13.0 Å². The molecule has 0 bridgehead atoms. The van der Waals surface area contributed by atoms with Crippen molar-refractivity contribution in [1.29, 1.82) is 0 Å². The summed E-state index contributed by atoms with van der Waals surface area (Å²) in [7, 11) is -6.79. The summed E-state index contributed by atoms with van der Waals surface area (Å²) in [4.78, 5) is 1.97. The van der Waals surface area contributed by atoms with Crippen LogP contribution in [0.2, 0.25) is 0 Å². The number of benzene rings is 4. The number of hydrogen-bond acceptors (Lipinski definition) is 3. The van der Waals surface area contributed by atoms with E-state index in [0.29, 0.717) is 0 Å². The average molecular weight is 994 g/mol. The van der Waals surface area contributed by atoms with Crippen LogP contribution in [0.3, 0.4) is 0 Å². The van der Waals surface area contributed by atoms with Gasteiger partial charge in [-0.2, -0.15) is 13.2 Å². The summed E-state index contributed by atoms with van der Waals surface area (Å²) in [5.41, 5.74) is -5.65. The molecule has 0 heterocycles. The number of halogens is 4. The van der Waals surface area contributed by atoms with Crippen molar-refractivity contribution in [3.8, 4) is 0 Å². The van der Waals surface area contributed by atoms with Gasteiger partial charge in [0.25, 0.3) is 0 Å². The zero-order chi connectivity index (χ0) is 38.9. The van der Waals surface area contributed by atoms with Gasteiger partial charge in [0.2, 0.25) is 0 Å². The molecule has 6 radical (unpaired) electrons. The molecule has 4 aromatic carbocycles.